The average molecular weight is 537 g/mol. The predicted octanol–water partition coefficient (Wildman–Crippen LogP) is 4.06. The number of rotatable bonds is 7. The Hall–Kier alpha value is -3.34. The molecular weight excluding hydrogens is 500 g/mol. The van der Waals surface area contributed by atoms with Gasteiger partial charge < -0.3 is 29.9 Å². The van der Waals surface area contributed by atoms with Gasteiger partial charge >= 0.3 is 0 Å². The van der Waals surface area contributed by atoms with Crippen molar-refractivity contribution in [3.63, 3.8) is 0 Å². The largest absolute Gasteiger partial charge is 0.497 e. The number of benzene rings is 1. The minimum Gasteiger partial charge on any atom is -0.497 e. The molecule has 0 saturated carbocycles. The van der Waals surface area contributed by atoms with Crippen LogP contribution in [-0.4, -0.2) is 69.6 Å². The van der Waals surface area contributed by atoms with E-state index < -0.39 is 0 Å². The fourth-order valence-corrected chi connectivity index (χ4v) is 6.03. The van der Waals surface area contributed by atoms with Crippen LogP contribution in [0.3, 0.4) is 0 Å². The zero-order valence-electron chi connectivity index (χ0n) is 22.3. The minimum atomic E-state index is -0.241. The van der Waals surface area contributed by atoms with Crippen molar-refractivity contribution >= 4 is 33.8 Å². The summed E-state index contributed by atoms with van der Waals surface area (Å²) < 4.78 is 11.3. The number of allylic oxidation sites excluding steroid dienone is 3. The number of hydrogen-bond acceptors (Lipinski definition) is 9. The van der Waals surface area contributed by atoms with Crippen LogP contribution in [-0.2, 0) is 4.74 Å². The number of piperidine rings is 1. The number of ether oxygens (including phenoxy) is 2. The topological polar surface area (TPSA) is 82.2 Å². The molecule has 1 aromatic heterocycles. The van der Waals surface area contributed by atoms with Crippen LogP contribution in [0, 0.1) is 5.41 Å². The Bertz CT molecular complexity index is 1240. The first kappa shape index (κ1) is 26.3. The Morgan fingerprint density at radius 3 is 2.71 bits per heavy atom. The van der Waals surface area contributed by atoms with Gasteiger partial charge in [-0.25, -0.2) is 4.98 Å². The number of nitrogens with zero attached hydrogens (tertiary/aromatic N) is 4. The molecule has 4 heterocycles. The quantitative estimate of drug-likeness (QED) is 0.513. The first-order valence-corrected chi connectivity index (χ1v) is 13.8. The van der Waals surface area contributed by atoms with Crippen LogP contribution in [0.4, 0.5) is 16.5 Å². The number of thiazole rings is 1. The second kappa shape index (κ2) is 11.2. The van der Waals surface area contributed by atoms with E-state index in [-0.39, 0.29) is 5.91 Å². The maximum Gasteiger partial charge on any atom is 0.275 e. The molecule has 9 nitrogen and oxygen atoms in total. The van der Waals surface area contributed by atoms with Crippen LogP contribution in [0.25, 0.3) is 0 Å². The number of anilines is 3. The van der Waals surface area contributed by atoms with Crippen LogP contribution in [0.2, 0.25) is 0 Å². The van der Waals surface area contributed by atoms with Crippen LogP contribution >= 0.6 is 11.3 Å². The number of nitrogens with one attached hydrogen (secondary N) is 2. The molecule has 0 unspecified atom stereocenters. The highest BCUT2D eigenvalue weighted by atomic mass is 32.1. The third kappa shape index (κ3) is 5.16. The zero-order valence-corrected chi connectivity index (χ0v) is 23.1. The van der Waals surface area contributed by atoms with Crippen LogP contribution in [0.5, 0.6) is 5.75 Å². The van der Waals surface area contributed by atoms with Gasteiger partial charge in [-0.3, -0.25) is 9.69 Å². The molecule has 5 rings (SSSR count). The number of likely N-dealkylation sites (tertiary alicyclic amines) is 1. The van der Waals surface area contributed by atoms with Crippen molar-refractivity contribution in [2.75, 3.05) is 63.6 Å². The lowest BCUT2D eigenvalue weighted by Gasteiger charge is -2.49. The molecule has 1 amide bonds. The number of methoxy groups -OCH3 is 1. The molecule has 0 bridgehead atoms. The van der Waals surface area contributed by atoms with Crippen molar-refractivity contribution in [2.45, 2.75) is 19.8 Å². The first-order valence-electron chi connectivity index (χ1n) is 12.9. The van der Waals surface area contributed by atoms with Crippen molar-refractivity contribution in [1.82, 2.24) is 20.5 Å². The molecule has 0 atom stereocenters. The standard InChI is InChI=1S/C28H36N6O3S/c1-5-7-23(33-12-10-28(11-13-33)16-29-17-28)21(6-2)30-26(35)22-15-38-27(31-22)34-19-37-18-32(3)25-14-20(36-4)8-9-24(25)34/h5-9,14-15,29H,1,10-13,16-19H2,2-4H3,(H,30,35)/b21-6+,23-7+. The van der Waals surface area contributed by atoms with Gasteiger partial charge in [0, 0.05) is 44.7 Å². The number of hydrogen-bond donors (Lipinski definition) is 2. The van der Waals surface area contributed by atoms with Gasteiger partial charge in [0.15, 0.2) is 5.13 Å². The molecule has 2 fully saturated rings. The third-order valence-electron chi connectivity index (χ3n) is 7.60. The molecule has 38 heavy (non-hydrogen) atoms. The predicted molar refractivity (Wildman–Crippen MR) is 152 cm³/mol. The Kier molecular flexibility index (Phi) is 7.73. The van der Waals surface area contributed by atoms with E-state index in [1.165, 1.54) is 11.3 Å². The van der Waals surface area contributed by atoms with Crippen molar-refractivity contribution in [3.8, 4) is 5.75 Å². The molecule has 2 N–H and O–H groups in total. The number of fused-ring (bicyclic) bond motifs is 1. The Morgan fingerprint density at radius 2 is 2.05 bits per heavy atom. The van der Waals surface area contributed by atoms with Crippen LogP contribution in [0.15, 0.2) is 59.8 Å². The van der Waals surface area contributed by atoms with Gasteiger partial charge in [0.25, 0.3) is 5.91 Å². The van der Waals surface area contributed by atoms with Gasteiger partial charge in [-0.15, -0.1) is 11.3 Å². The normalized spacial score (nSPS) is 19.5. The van der Waals surface area contributed by atoms with Crippen molar-refractivity contribution in [1.29, 1.82) is 0 Å². The summed E-state index contributed by atoms with van der Waals surface area (Å²) in [5.74, 6) is 0.530. The van der Waals surface area contributed by atoms with E-state index in [4.69, 9.17) is 14.5 Å². The van der Waals surface area contributed by atoms with Crippen molar-refractivity contribution < 1.29 is 14.3 Å². The van der Waals surface area contributed by atoms with E-state index >= 15 is 0 Å². The van der Waals surface area contributed by atoms with Gasteiger partial charge in [-0.05, 0) is 43.4 Å². The molecule has 10 heteroatoms. The number of aromatic nitrogens is 1. The van der Waals surface area contributed by atoms with E-state index in [1.807, 2.05) is 54.1 Å². The number of amides is 1. The highest BCUT2D eigenvalue weighted by Crippen LogP contribution is 2.40. The minimum absolute atomic E-state index is 0.241. The molecule has 202 valence electrons. The number of carbonyl (C=O) groups is 1. The van der Waals surface area contributed by atoms with Crippen molar-refractivity contribution in [2.24, 2.45) is 5.41 Å². The van der Waals surface area contributed by atoms with Gasteiger partial charge in [0.1, 0.15) is 24.9 Å². The van der Waals surface area contributed by atoms with Gasteiger partial charge in [-0.2, -0.15) is 0 Å². The van der Waals surface area contributed by atoms with Gasteiger partial charge in [0.2, 0.25) is 0 Å². The summed E-state index contributed by atoms with van der Waals surface area (Å²) in [6, 6.07) is 5.89. The Labute approximate surface area is 228 Å². The zero-order chi connectivity index (χ0) is 26.7. The van der Waals surface area contributed by atoms with Gasteiger partial charge in [0.05, 0.1) is 29.9 Å². The maximum atomic E-state index is 13.3. The average Bonchev–Trinajstić information content (AvgIpc) is 3.36. The summed E-state index contributed by atoms with van der Waals surface area (Å²) >= 11 is 1.42. The fourth-order valence-electron chi connectivity index (χ4n) is 5.22. The van der Waals surface area contributed by atoms with E-state index in [2.05, 4.69) is 22.1 Å². The highest BCUT2D eigenvalue weighted by Gasteiger charge is 2.40. The van der Waals surface area contributed by atoms with Crippen molar-refractivity contribution in [3.05, 3.63) is 65.5 Å². The second-order valence-corrected chi connectivity index (χ2v) is 10.8. The number of carbonyl (C=O) groups excluding carboxylic acids is 1. The molecule has 3 aliphatic rings. The lowest BCUT2D eigenvalue weighted by atomic mass is 9.73. The molecule has 0 radical (unpaired) electrons. The summed E-state index contributed by atoms with van der Waals surface area (Å²) in [4.78, 5) is 24.4. The SMILES string of the molecule is C=C/C=C(\C(=C/C)NC(=O)c1csc(N2COCN(C)c3cc(OC)ccc32)n1)N1CCC2(CC1)CNC2. The van der Waals surface area contributed by atoms with Gasteiger partial charge in [-0.1, -0.05) is 18.7 Å². The van der Waals surface area contributed by atoms with Crippen LogP contribution < -0.4 is 25.2 Å². The van der Waals surface area contributed by atoms with E-state index in [9.17, 15) is 4.79 Å². The summed E-state index contributed by atoms with van der Waals surface area (Å²) in [6.45, 7) is 10.8. The maximum absolute atomic E-state index is 13.3. The molecule has 2 saturated heterocycles. The van der Waals surface area contributed by atoms with E-state index in [0.717, 1.165) is 67.5 Å². The summed E-state index contributed by atoms with van der Waals surface area (Å²) in [6.07, 6.45) is 8.00. The summed E-state index contributed by atoms with van der Waals surface area (Å²) in [5.41, 5.74) is 4.49. The highest BCUT2D eigenvalue weighted by molar-refractivity contribution is 7.14. The third-order valence-corrected chi connectivity index (χ3v) is 8.46. The Morgan fingerprint density at radius 1 is 1.26 bits per heavy atom. The molecule has 2 aromatic rings. The molecule has 1 aromatic carbocycles. The lowest BCUT2D eigenvalue weighted by Crippen LogP contribution is -2.58. The lowest BCUT2D eigenvalue weighted by molar-refractivity contribution is 0.0703. The molecule has 1 spiro atoms. The van der Waals surface area contributed by atoms with Crippen LogP contribution in [0.1, 0.15) is 30.3 Å². The second-order valence-electron chi connectivity index (χ2n) is 9.99. The monoisotopic (exact) mass is 536 g/mol. The van der Waals surface area contributed by atoms with E-state index in [0.29, 0.717) is 29.7 Å². The fraction of sp³-hybridized carbons (Fsp3) is 0.429. The summed E-state index contributed by atoms with van der Waals surface area (Å²) in [7, 11) is 3.63. The molecular formula is C28H36N6O3S. The smallest absolute Gasteiger partial charge is 0.275 e. The summed E-state index contributed by atoms with van der Waals surface area (Å²) in [5, 5.41) is 9.01. The molecule has 0 aliphatic carbocycles. The molecule has 3 aliphatic heterocycles. The van der Waals surface area contributed by atoms with E-state index in [1.54, 1.807) is 18.6 Å². The Balaban J connectivity index is 1.32. The first-order chi connectivity index (χ1) is 18.5.